The molecule has 2 saturated heterocycles. The van der Waals surface area contributed by atoms with Gasteiger partial charge in [0.1, 0.15) is 0 Å². The maximum absolute atomic E-state index is 12.5. The van der Waals surface area contributed by atoms with Crippen molar-refractivity contribution in [3.05, 3.63) is 12.7 Å². The summed E-state index contributed by atoms with van der Waals surface area (Å²) in [6.07, 6.45) is 3.54. The number of likely N-dealkylation sites (N-methyl/N-ethyl adjacent to an activating group) is 1. The molecule has 0 aromatic heterocycles. The number of ketones is 1. The molecule has 0 aliphatic carbocycles. The molecule has 0 radical (unpaired) electrons. The van der Waals surface area contributed by atoms with E-state index < -0.39 is 6.04 Å². The van der Waals surface area contributed by atoms with E-state index in [9.17, 15) is 9.59 Å². The van der Waals surface area contributed by atoms with E-state index in [0.717, 1.165) is 25.9 Å². The Morgan fingerprint density at radius 2 is 1.91 bits per heavy atom. The number of Topliss-reactive ketones (excluding diaryl/α,β-unsaturated/α-hetero) is 1. The van der Waals surface area contributed by atoms with Gasteiger partial charge in [-0.3, -0.25) is 4.79 Å². The molecule has 0 bridgehead atoms. The second-order valence-electron chi connectivity index (χ2n) is 6.13. The fourth-order valence-electron chi connectivity index (χ4n) is 3.01. The maximum atomic E-state index is 12.5. The number of hydrogen-bond acceptors (Lipinski definition) is 4. The molecule has 2 aliphatic heterocycles. The molecule has 22 heavy (non-hydrogen) atoms. The van der Waals surface area contributed by atoms with Gasteiger partial charge in [-0.25, -0.2) is 4.79 Å². The second kappa shape index (κ2) is 8.29. The minimum absolute atomic E-state index is 0.0457. The Bertz CT molecular complexity index is 399. The van der Waals surface area contributed by atoms with E-state index in [1.54, 1.807) is 11.0 Å². The third-order valence-electron chi connectivity index (χ3n) is 4.50. The van der Waals surface area contributed by atoms with Crippen LogP contribution in [0.3, 0.4) is 0 Å². The number of rotatable bonds is 5. The predicted molar refractivity (Wildman–Crippen MR) is 84.8 cm³/mol. The number of nitrogens with one attached hydrogen (secondary N) is 1. The lowest BCUT2D eigenvalue weighted by Gasteiger charge is -2.35. The molecule has 0 unspecified atom stereocenters. The zero-order chi connectivity index (χ0) is 15.9. The van der Waals surface area contributed by atoms with Gasteiger partial charge in [0, 0.05) is 45.8 Å². The number of nitrogens with zero attached hydrogens (tertiary/aromatic N) is 2. The van der Waals surface area contributed by atoms with Gasteiger partial charge in [0.05, 0.1) is 6.04 Å². The molecular weight excluding hydrogens is 282 g/mol. The smallest absolute Gasteiger partial charge is 0.318 e. The Labute approximate surface area is 132 Å². The highest BCUT2D eigenvalue weighted by molar-refractivity contribution is 5.89. The molecule has 0 aromatic carbocycles. The fourth-order valence-corrected chi connectivity index (χ4v) is 3.01. The summed E-state index contributed by atoms with van der Waals surface area (Å²) in [6.45, 7) is 8.11. The molecule has 0 saturated carbocycles. The van der Waals surface area contributed by atoms with Gasteiger partial charge in [-0.15, -0.1) is 6.58 Å². The molecule has 2 fully saturated rings. The van der Waals surface area contributed by atoms with Crippen LogP contribution in [-0.2, 0) is 9.53 Å². The van der Waals surface area contributed by atoms with Crippen molar-refractivity contribution in [1.82, 2.24) is 15.1 Å². The van der Waals surface area contributed by atoms with Gasteiger partial charge in [-0.1, -0.05) is 6.08 Å². The highest BCUT2D eigenvalue weighted by Crippen LogP contribution is 2.21. The number of carbonyl (C=O) groups is 2. The Kier molecular flexibility index (Phi) is 6.39. The molecule has 6 nitrogen and oxygen atoms in total. The number of hydrogen-bond donors (Lipinski definition) is 1. The third-order valence-corrected chi connectivity index (χ3v) is 4.50. The molecule has 0 aromatic rings. The van der Waals surface area contributed by atoms with E-state index in [4.69, 9.17) is 4.74 Å². The van der Waals surface area contributed by atoms with E-state index >= 15 is 0 Å². The molecule has 124 valence electrons. The molecule has 6 heteroatoms. The SMILES string of the molecule is C=CCC(=O)[C@@H](NC(=O)N1CCN(C)CC1)C1CCOCC1. The first kappa shape index (κ1) is 17.0. The van der Waals surface area contributed by atoms with Crippen molar-refractivity contribution in [3.8, 4) is 0 Å². The van der Waals surface area contributed by atoms with Crippen LogP contribution >= 0.6 is 0 Å². The highest BCUT2D eigenvalue weighted by Gasteiger charge is 2.32. The lowest BCUT2D eigenvalue weighted by Crippen LogP contribution is -2.55. The van der Waals surface area contributed by atoms with E-state index in [1.807, 2.05) is 7.05 Å². The second-order valence-corrected chi connectivity index (χ2v) is 6.13. The van der Waals surface area contributed by atoms with Crippen LogP contribution in [0.25, 0.3) is 0 Å². The first-order chi connectivity index (χ1) is 10.6. The first-order valence-electron chi connectivity index (χ1n) is 8.07. The third kappa shape index (κ3) is 4.55. The molecule has 2 aliphatic rings. The maximum Gasteiger partial charge on any atom is 0.318 e. The van der Waals surface area contributed by atoms with Gasteiger partial charge in [0.25, 0.3) is 0 Å². The summed E-state index contributed by atoms with van der Waals surface area (Å²) in [5, 5.41) is 2.97. The molecule has 2 amide bonds. The summed E-state index contributed by atoms with van der Waals surface area (Å²) in [4.78, 5) is 28.8. The van der Waals surface area contributed by atoms with Crippen LogP contribution in [0, 0.1) is 5.92 Å². The van der Waals surface area contributed by atoms with Gasteiger partial charge >= 0.3 is 6.03 Å². The number of allylic oxidation sites excluding steroid dienone is 1. The quantitative estimate of drug-likeness (QED) is 0.766. The van der Waals surface area contributed by atoms with Crippen LogP contribution in [0.2, 0.25) is 0 Å². The summed E-state index contributed by atoms with van der Waals surface area (Å²) in [5.41, 5.74) is 0. The summed E-state index contributed by atoms with van der Waals surface area (Å²) >= 11 is 0. The van der Waals surface area contributed by atoms with Crippen LogP contribution in [0.1, 0.15) is 19.3 Å². The lowest BCUT2D eigenvalue weighted by molar-refractivity contribution is -0.122. The van der Waals surface area contributed by atoms with Gasteiger partial charge in [-0.2, -0.15) is 0 Å². The van der Waals surface area contributed by atoms with Gasteiger partial charge < -0.3 is 19.9 Å². The topological polar surface area (TPSA) is 61.9 Å². The number of amides is 2. The Hall–Kier alpha value is -1.40. The van der Waals surface area contributed by atoms with Crippen LogP contribution < -0.4 is 5.32 Å². The molecule has 2 heterocycles. The number of carbonyl (C=O) groups excluding carboxylic acids is 2. The van der Waals surface area contributed by atoms with Crippen molar-refractivity contribution < 1.29 is 14.3 Å². The van der Waals surface area contributed by atoms with Gasteiger partial charge in [0.15, 0.2) is 5.78 Å². The van der Waals surface area contributed by atoms with Crippen molar-refractivity contribution in [2.24, 2.45) is 5.92 Å². The normalized spacial score (nSPS) is 22.1. The van der Waals surface area contributed by atoms with Crippen molar-refractivity contribution in [2.45, 2.75) is 25.3 Å². The first-order valence-corrected chi connectivity index (χ1v) is 8.07. The summed E-state index contributed by atoms with van der Waals surface area (Å²) in [6, 6.07) is -0.545. The summed E-state index contributed by atoms with van der Waals surface area (Å²) < 4.78 is 5.36. The van der Waals surface area contributed by atoms with Crippen LogP contribution in [0.15, 0.2) is 12.7 Å². The van der Waals surface area contributed by atoms with Gasteiger partial charge in [-0.05, 0) is 25.8 Å². The largest absolute Gasteiger partial charge is 0.381 e. The average Bonchev–Trinajstić information content (AvgIpc) is 2.54. The van der Waals surface area contributed by atoms with Gasteiger partial charge in [0.2, 0.25) is 0 Å². The van der Waals surface area contributed by atoms with E-state index in [2.05, 4.69) is 16.8 Å². The zero-order valence-electron chi connectivity index (χ0n) is 13.4. The standard InChI is InChI=1S/C16H27N3O3/c1-3-4-14(20)15(13-5-11-22-12-6-13)17-16(21)19-9-7-18(2)8-10-19/h3,13,15H,1,4-12H2,2H3,(H,17,21)/t15-/m0/s1. The lowest BCUT2D eigenvalue weighted by atomic mass is 9.88. The van der Waals surface area contributed by atoms with Crippen LogP contribution in [-0.4, -0.2) is 74.1 Å². The average molecular weight is 309 g/mol. The van der Waals surface area contributed by atoms with Crippen LogP contribution in [0.5, 0.6) is 0 Å². The Morgan fingerprint density at radius 3 is 2.50 bits per heavy atom. The van der Waals surface area contributed by atoms with E-state index in [0.29, 0.717) is 32.7 Å². The number of urea groups is 1. The van der Waals surface area contributed by atoms with Crippen molar-refractivity contribution in [2.75, 3.05) is 46.4 Å². The molecular formula is C16H27N3O3. The van der Waals surface area contributed by atoms with Crippen LogP contribution in [0.4, 0.5) is 4.79 Å². The van der Waals surface area contributed by atoms with Crippen molar-refractivity contribution >= 4 is 11.8 Å². The Morgan fingerprint density at radius 1 is 1.27 bits per heavy atom. The number of piperazine rings is 1. The Balaban J connectivity index is 1.96. The van der Waals surface area contributed by atoms with E-state index in [-0.39, 0.29) is 17.7 Å². The minimum Gasteiger partial charge on any atom is -0.381 e. The van der Waals surface area contributed by atoms with Crippen molar-refractivity contribution in [1.29, 1.82) is 0 Å². The summed E-state index contributed by atoms with van der Waals surface area (Å²) in [7, 11) is 2.05. The van der Waals surface area contributed by atoms with Crippen molar-refractivity contribution in [3.63, 3.8) is 0 Å². The molecule has 0 spiro atoms. The fraction of sp³-hybridized carbons (Fsp3) is 0.750. The zero-order valence-corrected chi connectivity index (χ0v) is 13.4. The highest BCUT2D eigenvalue weighted by atomic mass is 16.5. The molecule has 1 atom stereocenters. The molecule has 2 rings (SSSR count). The molecule has 1 N–H and O–H groups in total. The minimum atomic E-state index is -0.422. The monoisotopic (exact) mass is 309 g/mol. The number of ether oxygens (including phenoxy) is 1. The van der Waals surface area contributed by atoms with E-state index in [1.165, 1.54) is 0 Å². The summed E-state index contributed by atoms with van der Waals surface area (Å²) in [5.74, 6) is 0.210. The predicted octanol–water partition coefficient (Wildman–Crippen LogP) is 0.884.